The third kappa shape index (κ3) is 5.50. The lowest BCUT2D eigenvalue weighted by Crippen LogP contribution is -2.38. The van der Waals surface area contributed by atoms with E-state index in [-0.39, 0.29) is 5.57 Å². The Morgan fingerprint density at radius 1 is 1.30 bits per heavy atom. The van der Waals surface area contributed by atoms with Crippen molar-refractivity contribution in [2.75, 3.05) is 13.2 Å². The third-order valence-electron chi connectivity index (χ3n) is 3.92. The van der Waals surface area contributed by atoms with Gasteiger partial charge in [-0.1, -0.05) is 19.9 Å². The van der Waals surface area contributed by atoms with Gasteiger partial charge in [-0.2, -0.15) is 8.78 Å². The Balaban J connectivity index is 2.50. The second-order valence-corrected chi connectivity index (χ2v) is 7.18. The van der Waals surface area contributed by atoms with E-state index in [9.17, 15) is 26.5 Å². The van der Waals surface area contributed by atoms with Gasteiger partial charge in [0.05, 0.1) is 12.2 Å². The Kier molecular flexibility index (Phi) is 6.67. The minimum absolute atomic E-state index is 0.206. The second-order valence-electron chi connectivity index (χ2n) is 5.67. The van der Waals surface area contributed by atoms with Gasteiger partial charge in [0.1, 0.15) is 12.2 Å². The molecule has 0 aromatic carbocycles. The molecule has 1 fully saturated rings. The van der Waals surface area contributed by atoms with Crippen LogP contribution >= 0.6 is 0 Å². The molecule has 6 nitrogen and oxygen atoms in total. The third-order valence-corrected chi connectivity index (χ3v) is 4.77. The van der Waals surface area contributed by atoms with Gasteiger partial charge in [-0.15, -0.1) is 0 Å². The average Bonchev–Trinajstić information content (AvgIpc) is 2.46. The monoisotopic (exact) mass is 355 g/mol. The Morgan fingerprint density at radius 3 is 2.35 bits per heavy atom. The Labute approximate surface area is 134 Å². The first-order valence-electron chi connectivity index (χ1n) is 7.35. The summed E-state index contributed by atoms with van der Waals surface area (Å²) >= 11 is 0. The van der Waals surface area contributed by atoms with Crippen molar-refractivity contribution in [3.63, 3.8) is 0 Å². The fraction of sp³-hybridized carbons (Fsp3) is 0.786. The first-order chi connectivity index (χ1) is 10.5. The molecule has 0 spiro atoms. The van der Waals surface area contributed by atoms with Gasteiger partial charge in [0.15, 0.2) is 10.1 Å². The van der Waals surface area contributed by atoms with Crippen LogP contribution in [0.15, 0.2) is 12.2 Å². The number of esters is 1. The molecule has 0 heterocycles. The van der Waals surface area contributed by atoms with E-state index in [1.54, 1.807) is 0 Å². The average molecular weight is 355 g/mol. The number of hydrogen-bond donors (Lipinski definition) is 0. The summed E-state index contributed by atoms with van der Waals surface area (Å²) in [4.78, 5) is 12.0. The van der Waals surface area contributed by atoms with Crippen LogP contribution in [0.5, 0.6) is 0 Å². The summed E-state index contributed by atoms with van der Waals surface area (Å²) in [6.45, 7) is 3.03. The summed E-state index contributed by atoms with van der Waals surface area (Å²) in [5.41, 5.74) is -0.775. The number of hydrogen-bond acceptors (Lipinski definition) is 6. The van der Waals surface area contributed by atoms with Crippen molar-refractivity contribution in [3.05, 3.63) is 12.2 Å². The molecule has 9 heteroatoms. The minimum Gasteiger partial charge on any atom is -0.743 e. The highest BCUT2D eigenvalue weighted by Gasteiger charge is 2.38. The molecule has 0 aromatic heterocycles. The summed E-state index contributed by atoms with van der Waals surface area (Å²) < 4.78 is 66.6. The van der Waals surface area contributed by atoms with Crippen molar-refractivity contribution < 1.29 is 36.0 Å². The van der Waals surface area contributed by atoms with Crippen LogP contribution in [0.4, 0.5) is 8.78 Å². The van der Waals surface area contributed by atoms with E-state index in [1.807, 2.05) is 6.92 Å². The molecule has 0 atom stereocenters. The molecule has 0 bridgehead atoms. The molecule has 0 radical (unpaired) electrons. The maximum absolute atomic E-state index is 12.9. The molecule has 1 aliphatic carbocycles. The van der Waals surface area contributed by atoms with Gasteiger partial charge in [-0.3, -0.25) is 0 Å². The fourth-order valence-electron chi connectivity index (χ4n) is 2.42. The van der Waals surface area contributed by atoms with E-state index in [0.717, 1.165) is 32.1 Å². The van der Waals surface area contributed by atoms with Crippen molar-refractivity contribution >= 4 is 16.1 Å². The van der Waals surface area contributed by atoms with Crippen LogP contribution in [0, 0.1) is 0 Å². The number of carbonyl (C=O) groups excluding carboxylic acids is 1. The van der Waals surface area contributed by atoms with Gasteiger partial charge in [0.2, 0.25) is 0 Å². The van der Waals surface area contributed by atoms with Crippen LogP contribution in [0.3, 0.4) is 0 Å². The van der Waals surface area contributed by atoms with Gasteiger partial charge in [-0.25, -0.2) is 13.2 Å². The Morgan fingerprint density at radius 2 is 1.87 bits per heavy atom. The molecule has 1 aliphatic rings. The molecule has 0 saturated heterocycles. The van der Waals surface area contributed by atoms with Crippen molar-refractivity contribution in [1.29, 1.82) is 0 Å². The summed E-state index contributed by atoms with van der Waals surface area (Å²) in [5, 5.41) is -4.55. The number of rotatable bonds is 8. The molecule has 0 unspecified atom stereocenters. The van der Waals surface area contributed by atoms with Gasteiger partial charge in [0.25, 0.3) is 0 Å². The molecule has 0 N–H and O–H groups in total. The number of ether oxygens (including phenoxy) is 2. The predicted molar refractivity (Wildman–Crippen MR) is 76.8 cm³/mol. The highest BCUT2D eigenvalue weighted by Crippen LogP contribution is 2.35. The van der Waals surface area contributed by atoms with Gasteiger partial charge >= 0.3 is 11.2 Å². The summed E-state index contributed by atoms with van der Waals surface area (Å²) in [7, 11) is -5.81. The van der Waals surface area contributed by atoms with Crippen LogP contribution in [0.2, 0.25) is 0 Å². The lowest BCUT2D eigenvalue weighted by atomic mass is 9.82. The van der Waals surface area contributed by atoms with E-state index in [4.69, 9.17) is 4.74 Å². The molecule has 134 valence electrons. The number of halogens is 2. The first kappa shape index (κ1) is 20.0. The largest absolute Gasteiger partial charge is 0.743 e. The molecular weight excluding hydrogens is 334 g/mol. The van der Waals surface area contributed by atoms with E-state index in [2.05, 4.69) is 11.3 Å². The van der Waals surface area contributed by atoms with Crippen LogP contribution in [0.25, 0.3) is 0 Å². The van der Waals surface area contributed by atoms with Gasteiger partial charge < -0.3 is 14.0 Å². The molecule has 0 aromatic rings. The second kappa shape index (κ2) is 7.67. The lowest BCUT2D eigenvalue weighted by molar-refractivity contribution is -0.159. The summed E-state index contributed by atoms with van der Waals surface area (Å²) in [6.07, 6.45) is 5.06. The minimum atomic E-state index is -5.81. The SMILES string of the molecule is C=C(COCC(F)(F)S(=O)(=O)[O-])C(=O)OC1(CC)CCCCC1. The zero-order valence-corrected chi connectivity index (χ0v) is 13.8. The normalized spacial score (nSPS) is 18.4. The topological polar surface area (TPSA) is 92.7 Å². The first-order valence-corrected chi connectivity index (χ1v) is 8.76. The zero-order valence-electron chi connectivity index (χ0n) is 13.0. The summed E-state index contributed by atoms with van der Waals surface area (Å²) in [5.74, 6) is -0.762. The quantitative estimate of drug-likeness (QED) is 0.377. The van der Waals surface area contributed by atoms with Crippen molar-refractivity contribution in [2.45, 2.75) is 56.3 Å². The molecular formula is C14H21F2O6S-. The van der Waals surface area contributed by atoms with Crippen LogP contribution in [-0.4, -0.2) is 43.0 Å². The zero-order chi connectivity index (χ0) is 17.7. The molecule has 1 saturated carbocycles. The van der Waals surface area contributed by atoms with Crippen LogP contribution in [0.1, 0.15) is 45.4 Å². The maximum atomic E-state index is 12.9. The number of carbonyl (C=O) groups is 1. The molecule has 23 heavy (non-hydrogen) atoms. The van der Waals surface area contributed by atoms with E-state index in [0.29, 0.717) is 6.42 Å². The van der Waals surface area contributed by atoms with E-state index < -0.39 is 40.2 Å². The van der Waals surface area contributed by atoms with E-state index in [1.165, 1.54) is 0 Å². The van der Waals surface area contributed by atoms with Gasteiger partial charge in [0, 0.05) is 0 Å². The highest BCUT2D eigenvalue weighted by atomic mass is 32.2. The van der Waals surface area contributed by atoms with E-state index >= 15 is 0 Å². The van der Waals surface area contributed by atoms with Gasteiger partial charge in [-0.05, 0) is 32.1 Å². The van der Waals surface area contributed by atoms with Crippen molar-refractivity contribution in [1.82, 2.24) is 0 Å². The Bertz CT molecular complexity index is 537. The predicted octanol–water partition coefficient (Wildman–Crippen LogP) is 2.35. The van der Waals surface area contributed by atoms with Crippen LogP contribution in [-0.2, 0) is 24.4 Å². The summed E-state index contributed by atoms with van der Waals surface area (Å²) in [6, 6.07) is 0. The van der Waals surface area contributed by atoms with Crippen molar-refractivity contribution in [2.24, 2.45) is 0 Å². The van der Waals surface area contributed by atoms with Crippen LogP contribution < -0.4 is 0 Å². The number of alkyl halides is 2. The molecule has 1 rings (SSSR count). The Hall–Kier alpha value is -1.06. The van der Waals surface area contributed by atoms with Crippen molar-refractivity contribution in [3.8, 4) is 0 Å². The maximum Gasteiger partial charge on any atom is 0.357 e. The fourth-order valence-corrected chi connectivity index (χ4v) is 2.64. The molecule has 0 aliphatic heterocycles. The lowest BCUT2D eigenvalue weighted by Gasteiger charge is -2.36. The standard InChI is InChI=1S/C14H22F2O6S/c1-3-13(7-5-4-6-8-13)22-12(17)11(2)9-21-10-14(15,16)23(18,19)20/h2-10H2,1H3,(H,18,19,20)/p-1. The smallest absolute Gasteiger partial charge is 0.357 e. The molecule has 0 amide bonds. The highest BCUT2D eigenvalue weighted by molar-refractivity contribution is 7.86.